The number of rotatable bonds is 6. The molecule has 1 aliphatic rings. The molecule has 1 aromatic rings. The van der Waals surface area contributed by atoms with Crippen LogP contribution in [0.25, 0.3) is 0 Å². The van der Waals surface area contributed by atoms with Crippen LogP contribution in [-0.4, -0.2) is 55.1 Å². The number of anilines is 1. The average Bonchev–Trinajstić information content (AvgIpc) is 2.46. The summed E-state index contributed by atoms with van der Waals surface area (Å²) in [6.45, 7) is 4.78. The number of para-hydroxylation sites is 2. The van der Waals surface area contributed by atoms with E-state index in [1.807, 2.05) is 18.2 Å². The maximum atomic E-state index is 10.1. The molecule has 0 bridgehead atoms. The molecule has 1 aromatic carbocycles. The third kappa shape index (κ3) is 4.59. The summed E-state index contributed by atoms with van der Waals surface area (Å²) < 4.78 is 11.1. The molecule has 1 aliphatic heterocycles. The van der Waals surface area contributed by atoms with E-state index in [0.29, 0.717) is 18.0 Å². The zero-order valence-electron chi connectivity index (χ0n) is 12.9. The molecule has 1 heterocycles. The molecular weight excluding hydrogens is 268 g/mol. The topological polar surface area (TPSA) is 68.0 Å². The summed E-state index contributed by atoms with van der Waals surface area (Å²) in [5, 5.41) is 10.1. The van der Waals surface area contributed by atoms with E-state index >= 15 is 0 Å². The van der Waals surface area contributed by atoms with Crippen molar-refractivity contribution in [2.45, 2.75) is 31.5 Å². The van der Waals surface area contributed by atoms with Crippen molar-refractivity contribution in [3.05, 3.63) is 24.3 Å². The average molecular weight is 294 g/mol. The minimum Gasteiger partial charge on any atom is -0.489 e. The quantitative estimate of drug-likeness (QED) is 0.778. The van der Waals surface area contributed by atoms with E-state index in [2.05, 4.69) is 11.8 Å². The van der Waals surface area contributed by atoms with Crippen molar-refractivity contribution in [2.75, 3.05) is 39.1 Å². The van der Waals surface area contributed by atoms with Crippen molar-refractivity contribution >= 4 is 5.69 Å². The van der Waals surface area contributed by atoms with Crippen LogP contribution in [0.5, 0.6) is 5.75 Å². The molecule has 3 N–H and O–H groups in total. The van der Waals surface area contributed by atoms with Gasteiger partial charge in [0.15, 0.2) is 0 Å². The van der Waals surface area contributed by atoms with Crippen LogP contribution in [0.15, 0.2) is 24.3 Å². The summed E-state index contributed by atoms with van der Waals surface area (Å²) in [7, 11) is 1.75. The summed E-state index contributed by atoms with van der Waals surface area (Å²) in [5.41, 5.74) is 6.29. The summed E-state index contributed by atoms with van der Waals surface area (Å²) in [5.74, 6) is 0.622. The predicted molar refractivity (Wildman–Crippen MR) is 83.4 cm³/mol. The van der Waals surface area contributed by atoms with Crippen molar-refractivity contribution in [3.8, 4) is 5.75 Å². The van der Waals surface area contributed by atoms with Crippen molar-refractivity contribution in [1.82, 2.24) is 4.90 Å². The van der Waals surface area contributed by atoms with Gasteiger partial charge in [0, 0.05) is 20.2 Å². The number of nitrogen functional groups attached to an aromatic ring is 1. The van der Waals surface area contributed by atoms with E-state index < -0.39 is 6.10 Å². The molecule has 0 radical (unpaired) electrons. The molecular formula is C16H26N2O3. The van der Waals surface area contributed by atoms with Gasteiger partial charge < -0.3 is 20.3 Å². The van der Waals surface area contributed by atoms with Gasteiger partial charge in [-0.3, -0.25) is 4.90 Å². The van der Waals surface area contributed by atoms with Gasteiger partial charge in [0.05, 0.1) is 11.3 Å². The fraction of sp³-hybridized carbons (Fsp3) is 0.625. The molecule has 2 rings (SSSR count). The molecule has 21 heavy (non-hydrogen) atoms. The zero-order valence-corrected chi connectivity index (χ0v) is 12.9. The number of aliphatic hydroxyl groups excluding tert-OH is 1. The van der Waals surface area contributed by atoms with Gasteiger partial charge in [-0.25, -0.2) is 0 Å². The number of methoxy groups -OCH3 is 1. The fourth-order valence-electron chi connectivity index (χ4n) is 2.78. The number of β-amino-alcohol motifs (C(OH)–C–C–N with tert-alkyl or cyclic N) is 1. The van der Waals surface area contributed by atoms with Crippen molar-refractivity contribution in [2.24, 2.45) is 0 Å². The Morgan fingerprint density at radius 2 is 2.19 bits per heavy atom. The molecule has 0 saturated carbocycles. The lowest BCUT2D eigenvalue weighted by molar-refractivity contribution is -0.0608. The first-order valence-electron chi connectivity index (χ1n) is 7.45. The molecule has 118 valence electrons. The van der Waals surface area contributed by atoms with Crippen LogP contribution in [-0.2, 0) is 4.74 Å². The summed E-state index contributed by atoms with van der Waals surface area (Å²) in [6.07, 6.45) is 1.61. The Balaban J connectivity index is 1.79. The van der Waals surface area contributed by atoms with Gasteiger partial charge >= 0.3 is 0 Å². The number of piperidine rings is 1. The highest BCUT2D eigenvalue weighted by atomic mass is 16.5. The monoisotopic (exact) mass is 294 g/mol. The number of benzene rings is 1. The number of hydrogen-bond acceptors (Lipinski definition) is 5. The first-order valence-corrected chi connectivity index (χ1v) is 7.45. The molecule has 5 nitrogen and oxygen atoms in total. The Morgan fingerprint density at radius 3 is 2.90 bits per heavy atom. The van der Waals surface area contributed by atoms with Gasteiger partial charge in [-0.2, -0.15) is 0 Å². The number of ether oxygens (including phenoxy) is 2. The summed E-state index contributed by atoms with van der Waals surface area (Å²) in [6, 6.07) is 7.33. The number of nitrogens with zero attached hydrogens (tertiary/aromatic N) is 1. The van der Waals surface area contributed by atoms with Gasteiger partial charge in [0.2, 0.25) is 0 Å². The van der Waals surface area contributed by atoms with Crippen LogP contribution in [0.3, 0.4) is 0 Å². The van der Waals surface area contributed by atoms with Crippen molar-refractivity contribution in [1.29, 1.82) is 0 Å². The van der Waals surface area contributed by atoms with E-state index in [4.69, 9.17) is 15.2 Å². The third-order valence-electron chi connectivity index (χ3n) is 4.05. The second kappa shape index (κ2) is 7.11. The Morgan fingerprint density at radius 1 is 1.43 bits per heavy atom. The highest BCUT2D eigenvalue weighted by Gasteiger charge is 2.31. The minimum atomic E-state index is -0.538. The maximum Gasteiger partial charge on any atom is 0.142 e. The van der Waals surface area contributed by atoms with Gasteiger partial charge in [-0.1, -0.05) is 12.1 Å². The second-order valence-electron chi connectivity index (χ2n) is 6.00. The van der Waals surface area contributed by atoms with E-state index in [1.165, 1.54) is 0 Å². The van der Waals surface area contributed by atoms with Gasteiger partial charge in [-0.05, 0) is 38.4 Å². The van der Waals surface area contributed by atoms with E-state index in [1.54, 1.807) is 13.2 Å². The Kier molecular flexibility index (Phi) is 5.45. The lowest BCUT2D eigenvalue weighted by atomic mass is 9.94. The van der Waals surface area contributed by atoms with E-state index in [-0.39, 0.29) is 12.2 Å². The number of aliphatic hydroxyl groups is 1. The molecule has 0 aliphatic carbocycles. The van der Waals surface area contributed by atoms with Crippen molar-refractivity contribution in [3.63, 3.8) is 0 Å². The highest BCUT2D eigenvalue weighted by molar-refractivity contribution is 5.51. The smallest absolute Gasteiger partial charge is 0.142 e. The summed E-state index contributed by atoms with van der Waals surface area (Å²) >= 11 is 0. The number of likely N-dealkylation sites (tertiary alicyclic amines) is 1. The van der Waals surface area contributed by atoms with Gasteiger partial charge in [0.1, 0.15) is 18.5 Å². The molecule has 0 amide bonds. The molecule has 1 fully saturated rings. The Labute approximate surface area is 126 Å². The molecule has 5 heteroatoms. The fourth-order valence-corrected chi connectivity index (χ4v) is 2.78. The van der Waals surface area contributed by atoms with Gasteiger partial charge in [0.25, 0.3) is 0 Å². The SMILES string of the molecule is COC1(C)CCCN(CC(O)COc2ccccc2N)C1. The molecule has 2 atom stereocenters. The van der Waals surface area contributed by atoms with Gasteiger partial charge in [-0.15, -0.1) is 0 Å². The first kappa shape index (κ1) is 16.1. The van der Waals surface area contributed by atoms with Crippen LogP contribution >= 0.6 is 0 Å². The predicted octanol–water partition coefficient (Wildman–Crippen LogP) is 1.51. The Bertz CT molecular complexity index is 455. The minimum absolute atomic E-state index is 0.108. The second-order valence-corrected chi connectivity index (χ2v) is 6.00. The van der Waals surface area contributed by atoms with E-state index in [0.717, 1.165) is 25.9 Å². The largest absolute Gasteiger partial charge is 0.489 e. The summed E-state index contributed by atoms with van der Waals surface area (Å²) in [4.78, 5) is 2.23. The van der Waals surface area contributed by atoms with Crippen LogP contribution in [0.1, 0.15) is 19.8 Å². The number of nitrogens with two attached hydrogens (primary N) is 1. The lowest BCUT2D eigenvalue weighted by Gasteiger charge is -2.40. The first-order chi connectivity index (χ1) is 10.0. The normalized spacial score (nSPS) is 24.7. The zero-order chi connectivity index (χ0) is 15.3. The van der Waals surface area contributed by atoms with Crippen LogP contribution in [0.2, 0.25) is 0 Å². The maximum absolute atomic E-state index is 10.1. The van der Waals surface area contributed by atoms with E-state index in [9.17, 15) is 5.11 Å². The highest BCUT2D eigenvalue weighted by Crippen LogP contribution is 2.24. The van der Waals surface area contributed by atoms with Crippen LogP contribution in [0, 0.1) is 0 Å². The van der Waals surface area contributed by atoms with Crippen molar-refractivity contribution < 1.29 is 14.6 Å². The lowest BCUT2D eigenvalue weighted by Crippen LogP contribution is -2.50. The standard InChI is InChI=1S/C16H26N2O3/c1-16(20-2)8-5-9-18(12-16)10-13(19)11-21-15-7-4-3-6-14(15)17/h3-4,6-7,13,19H,5,8-12,17H2,1-2H3. The Hall–Kier alpha value is -1.30. The molecule has 0 spiro atoms. The third-order valence-corrected chi connectivity index (χ3v) is 4.05. The van der Waals surface area contributed by atoms with Crippen LogP contribution in [0.4, 0.5) is 5.69 Å². The molecule has 2 unspecified atom stereocenters. The van der Waals surface area contributed by atoms with Crippen LogP contribution < -0.4 is 10.5 Å². The molecule has 1 saturated heterocycles. The number of hydrogen-bond donors (Lipinski definition) is 2. The molecule has 0 aromatic heterocycles.